The fourth-order valence-electron chi connectivity index (χ4n) is 1.59. The Morgan fingerprint density at radius 1 is 1.06 bits per heavy atom. The molecule has 0 radical (unpaired) electrons. The first-order valence-electron chi connectivity index (χ1n) is 4.86. The van der Waals surface area contributed by atoms with Crippen molar-refractivity contribution in [1.29, 1.82) is 0 Å². The number of halogens is 2. The average Bonchev–Trinajstić information content (AvgIpc) is 2.76. The van der Waals surface area contributed by atoms with E-state index in [2.05, 4.69) is 20.2 Å². The second kappa shape index (κ2) is 3.58. The van der Waals surface area contributed by atoms with Crippen molar-refractivity contribution < 1.29 is 8.78 Å². The van der Waals surface area contributed by atoms with E-state index in [1.165, 1.54) is 24.5 Å². The number of nitrogens with zero attached hydrogens (tertiary/aromatic N) is 3. The Kier molecular flexibility index (Phi) is 2.07. The lowest BCUT2D eigenvalue weighted by atomic mass is 10.2. The Labute approximate surface area is 94.3 Å². The number of aromatic nitrogens is 4. The van der Waals surface area contributed by atoms with Gasteiger partial charge in [-0.2, -0.15) is 10.2 Å². The predicted molar refractivity (Wildman–Crippen MR) is 57.0 cm³/mol. The molecule has 0 aliphatic heterocycles. The maximum atomic E-state index is 13.5. The van der Waals surface area contributed by atoms with Crippen LogP contribution in [0.3, 0.4) is 0 Å². The van der Waals surface area contributed by atoms with Crippen molar-refractivity contribution in [2.45, 2.75) is 0 Å². The molecule has 6 heteroatoms. The Bertz CT molecular complexity index is 660. The molecule has 2 aromatic heterocycles. The van der Waals surface area contributed by atoms with E-state index in [0.717, 1.165) is 6.07 Å². The number of rotatable bonds is 1. The molecule has 3 rings (SSSR count). The van der Waals surface area contributed by atoms with Crippen molar-refractivity contribution in [2.24, 2.45) is 0 Å². The van der Waals surface area contributed by atoms with E-state index in [1.54, 1.807) is 0 Å². The van der Waals surface area contributed by atoms with E-state index in [0.29, 0.717) is 11.0 Å². The lowest BCUT2D eigenvalue weighted by Gasteiger charge is -1.99. The number of H-pyrrole nitrogens is 1. The quantitative estimate of drug-likeness (QED) is 0.700. The normalized spacial score (nSPS) is 10.9. The summed E-state index contributed by atoms with van der Waals surface area (Å²) in [6, 6.07) is 3.94. The van der Waals surface area contributed by atoms with Crippen LogP contribution in [0.5, 0.6) is 0 Å². The van der Waals surface area contributed by atoms with Crippen LogP contribution in [0.4, 0.5) is 8.78 Å². The molecule has 3 aromatic rings. The summed E-state index contributed by atoms with van der Waals surface area (Å²) in [6.07, 6.45) is 2.93. The van der Waals surface area contributed by atoms with Gasteiger partial charge in [0.2, 0.25) is 0 Å². The smallest absolute Gasteiger partial charge is 0.169 e. The van der Waals surface area contributed by atoms with E-state index in [4.69, 9.17) is 0 Å². The summed E-state index contributed by atoms with van der Waals surface area (Å²) in [5.74, 6) is -1.57. The highest BCUT2D eigenvalue weighted by Gasteiger charge is 2.13. The SMILES string of the molecule is Fc1cccc(-c2nc3cnncc3[nH]2)c1F. The van der Waals surface area contributed by atoms with E-state index in [-0.39, 0.29) is 11.4 Å². The number of hydrogen-bond acceptors (Lipinski definition) is 3. The van der Waals surface area contributed by atoms with Crippen molar-refractivity contribution in [1.82, 2.24) is 20.2 Å². The number of imidazole rings is 1. The minimum absolute atomic E-state index is 0.0844. The van der Waals surface area contributed by atoms with Crippen molar-refractivity contribution in [2.75, 3.05) is 0 Å². The molecule has 0 unspecified atom stereocenters. The third-order valence-corrected chi connectivity index (χ3v) is 2.40. The summed E-state index contributed by atoms with van der Waals surface area (Å²) in [5, 5.41) is 7.33. The first-order valence-corrected chi connectivity index (χ1v) is 4.86. The van der Waals surface area contributed by atoms with Crippen LogP contribution in [-0.2, 0) is 0 Å². The standard InChI is InChI=1S/C11H6F2N4/c12-7-3-1-2-6(10(7)13)11-16-8-4-14-15-5-9(8)17-11/h1-5H,(H,16,17). The van der Waals surface area contributed by atoms with Gasteiger partial charge in [0.05, 0.1) is 23.5 Å². The Morgan fingerprint density at radius 2 is 1.88 bits per heavy atom. The molecule has 0 fully saturated rings. The molecule has 1 N–H and O–H groups in total. The molecule has 2 heterocycles. The minimum atomic E-state index is -0.924. The van der Waals surface area contributed by atoms with Crippen molar-refractivity contribution >= 4 is 11.0 Å². The summed E-state index contributed by atoms with van der Waals surface area (Å²) in [4.78, 5) is 6.98. The second-order valence-corrected chi connectivity index (χ2v) is 3.47. The summed E-state index contributed by atoms with van der Waals surface area (Å²) < 4.78 is 26.6. The molecule has 1 aromatic carbocycles. The van der Waals surface area contributed by atoms with Crippen molar-refractivity contribution in [3.05, 3.63) is 42.2 Å². The first-order chi connectivity index (χ1) is 8.25. The Morgan fingerprint density at radius 3 is 2.71 bits per heavy atom. The first kappa shape index (κ1) is 9.83. The van der Waals surface area contributed by atoms with Crippen LogP contribution in [0.25, 0.3) is 22.4 Å². The lowest BCUT2D eigenvalue weighted by molar-refractivity contribution is 0.510. The molecule has 0 spiro atoms. The summed E-state index contributed by atoms with van der Waals surface area (Å²) in [5.41, 5.74) is 1.26. The van der Waals surface area contributed by atoms with Gasteiger partial charge in [-0.1, -0.05) is 6.07 Å². The molecular weight excluding hydrogens is 226 g/mol. The van der Waals surface area contributed by atoms with Gasteiger partial charge < -0.3 is 4.98 Å². The Balaban J connectivity index is 2.24. The highest BCUT2D eigenvalue weighted by Crippen LogP contribution is 2.23. The molecule has 17 heavy (non-hydrogen) atoms. The van der Waals surface area contributed by atoms with Crippen molar-refractivity contribution in [3.8, 4) is 11.4 Å². The van der Waals surface area contributed by atoms with Crippen LogP contribution in [0, 0.1) is 11.6 Å². The van der Waals surface area contributed by atoms with Crippen LogP contribution in [0.15, 0.2) is 30.6 Å². The molecule has 0 aliphatic carbocycles. The molecule has 0 atom stereocenters. The zero-order valence-corrected chi connectivity index (χ0v) is 8.48. The number of hydrogen-bond donors (Lipinski definition) is 1. The summed E-state index contributed by atoms with van der Waals surface area (Å²) >= 11 is 0. The van der Waals surface area contributed by atoms with Gasteiger partial charge in [-0.25, -0.2) is 13.8 Å². The fourth-order valence-corrected chi connectivity index (χ4v) is 1.59. The lowest BCUT2D eigenvalue weighted by Crippen LogP contribution is -1.90. The molecule has 0 amide bonds. The highest BCUT2D eigenvalue weighted by molar-refractivity contribution is 5.77. The van der Waals surface area contributed by atoms with Gasteiger partial charge in [0.25, 0.3) is 0 Å². The van der Waals surface area contributed by atoms with Gasteiger partial charge in [-0.3, -0.25) is 0 Å². The van der Waals surface area contributed by atoms with E-state index in [1.807, 2.05) is 0 Å². The third-order valence-electron chi connectivity index (χ3n) is 2.40. The monoisotopic (exact) mass is 232 g/mol. The molecule has 0 saturated heterocycles. The van der Waals surface area contributed by atoms with Gasteiger partial charge in [0, 0.05) is 0 Å². The number of fused-ring (bicyclic) bond motifs is 1. The van der Waals surface area contributed by atoms with Gasteiger partial charge in [0.15, 0.2) is 11.6 Å². The van der Waals surface area contributed by atoms with E-state index >= 15 is 0 Å². The van der Waals surface area contributed by atoms with Crippen LogP contribution in [-0.4, -0.2) is 20.2 Å². The number of nitrogens with one attached hydrogen (secondary N) is 1. The zero-order valence-electron chi connectivity index (χ0n) is 8.48. The predicted octanol–water partition coefficient (Wildman–Crippen LogP) is 2.30. The molecular formula is C11H6F2N4. The van der Waals surface area contributed by atoms with Crippen LogP contribution in [0.2, 0.25) is 0 Å². The molecule has 4 nitrogen and oxygen atoms in total. The van der Waals surface area contributed by atoms with Crippen LogP contribution >= 0.6 is 0 Å². The summed E-state index contributed by atoms with van der Waals surface area (Å²) in [6.45, 7) is 0. The van der Waals surface area contributed by atoms with Crippen LogP contribution in [0.1, 0.15) is 0 Å². The Hall–Kier alpha value is -2.37. The summed E-state index contributed by atoms with van der Waals surface area (Å²) in [7, 11) is 0. The van der Waals surface area contributed by atoms with Gasteiger partial charge >= 0.3 is 0 Å². The van der Waals surface area contributed by atoms with E-state index in [9.17, 15) is 8.78 Å². The minimum Gasteiger partial charge on any atom is -0.336 e. The highest BCUT2D eigenvalue weighted by atomic mass is 19.2. The van der Waals surface area contributed by atoms with Gasteiger partial charge in [-0.15, -0.1) is 0 Å². The third kappa shape index (κ3) is 1.54. The molecule has 84 valence electrons. The maximum Gasteiger partial charge on any atom is 0.169 e. The fraction of sp³-hybridized carbons (Fsp3) is 0. The topological polar surface area (TPSA) is 54.5 Å². The number of aromatic amines is 1. The maximum absolute atomic E-state index is 13.5. The molecule has 0 aliphatic rings. The number of benzene rings is 1. The molecule has 0 bridgehead atoms. The zero-order chi connectivity index (χ0) is 11.8. The molecule has 0 saturated carbocycles. The van der Waals surface area contributed by atoms with E-state index < -0.39 is 11.6 Å². The van der Waals surface area contributed by atoms with Crippen molar-refractivity contribution in [3.63, 3.8) is 0 Å². The van der Waals surface area contributed by atoms with Gasteiger partial charge in [-0.05, 0) is 12.1 Å². The van der Waals surface area contributed by atoms with Gasteiger partial charge in [0.1, 0.15) is 11.3 Å². The van der Waals surface area contributed by atoms with Crippen LogP contribution < -0.4 is 0 Å². The average molecular weight is 232 g/mol. The second-order valence-electron chi connectivity index (χ2n) is 3.47. The largest absolute Gasteiger partial charge is 0.336 e.